The van der Waals surface area contributed by atoms with Crippen LogP contribution in [0.2, 0.25) is 0 Å². The third kappa shape index (κ3) is 29.4. The number of unbranched alkanes of at least 4 members (excludes halogenated alkanes) is 32. The normalized spacial score (nSPS) is 28.9. The van der Waals surface area contributed by atoms with Crippen LogP contribution < -0.4 is 10.6 Å². The average molecular weight is 1270 g/mol. The monoisotopic (exact) mass is 1270 g/mol. The lowest BCUT2D eigenvalue weighted by molar-refractivity contribution is -0.386. The van der Waals surface area contributed by atoms with Gasteiger partial charge in [0.15, 0.2) is 12.6 Å². The molecule has 14 N–H and O–H groups in total. The zero-order chi connectivity index (χ0) is 64.7. The summed E-state index contributed by atoms with van der Waals surface area (Å²) in [5.74, 6) is -6.09. The number of rotatable bonds is 52. The number of amides is 2. The fourth-order valence-corrected chi connectivity index (χ4v) is 12.3. The molecule has 0 aromatic heterocycles. The van der Waals surface area contributed by atoms with Gasteiger partial charge < -0.3 is 100 Å². The van der Waals surface area contributed by atoms with Crippen LogP contribution >= 0.6 is 0 Å². The van der Waals surface area contributed by atoms with Gasteiger partial charge in [0.1, 0.15) is 67.1 Å². The van der Waals surface area contributed by atoms with Crippen LogP contribution in [0.3, 0.4) is 0 Å². The summed E-state index contributed by atoms with van der Waals surface area (Å²) < 4.78 is 34.8. The van der Waals surface area contributed by atoms with Crippen molar-refractivity contribution >= 4 is 17.8 Å². The molecule has 23 nitrogen and oxygen atoms in total. The first-order valence-corrected chi connectivity index (χ1v) is 34.4. The van der Waals surface area contributed by atoms with Crippen molar-refractivity contribution in [1.29, 1.82) is 0 Å². The van der Waals surface area contributed by atoms with E-state index in [0.717, 1.165) is 58.3 Å². The number of aliphatic hydroxyl groups excluding tert-OH is 11. The number of carboxylic acid groups (broad SMARTS) is 1. The van der Waals surface area contributed by atoms with Crippen molar-refractivity contribution < 1.29 is 104 Å². The Morgan fingerprint density at radius 3 is 1.42 bits per heavy atom. The number of carbonyl (C=O) groups is 3. The second kappa shape index (κ2) is 46.7. The van der Waals surface area contributed by atoms with Crippen molar-refractivity contribution in [2.24, 2.45) is 0 Å². The maximum atomic E-state index is 13.4. The minimum atomic E-state index is -3.08. The Balaban J connectivity index is 1.60. The zero-order valence-corrected chi connectivity index (χ0v) is 53.8. The van der Waals surface area contributed by atoms with E-state index in [1.54, 1.807) is 0 Å². The number of aliphatic carboxylic acids is 1. The first kappa shape index (κ1) is 80.0. The summed E-state index contributed by atoms with van der Waals surface area (Å²) in [4.78, 5) is 38.5. The number of hydrogen-bond acceptors (Lipinski definition) is 20. The van der Waals surface area contributed by atoms with Gasteiger partial charge in [-0.2, -0.15) is 0 Å². The molecule has 0 aromatic rings. The molecule has 3 aliphatic rings. The van der Waals surface area contributed by atoms with Crippen molar-refractivity contribution in [2.45, 2.75) is 368 Å². The molecule has 23 heteroatoms. The molecule has 0 radical (unpaired) electrons. The molecular formula is C65H122N2O21. The first-order chi connectivity index (χ1) is 42.4. The van der Waals surface area contributed by atoms with Crippen molar-refractivity contribution in [3.05, 3.63) is 0 Å². The summed E-state index contributed by atoms with van der Waals surface area (Å²) in [6.45, 7) is 2.22. The summed E-state index contributed by atoms with van der Waals surface area (Å²) in [6, 6.07) is -2.52. The Morgan fingerprint density at radius 2 is 0.989 bits per heavy atom. The van der Waals surface area contributed by atoms with Gasteiger partial charge in [-0.25, -0.2) is 4.79 Å². The molecule has 3 saturated heterocycles. The van der Waals surface area contributed by atoms with E-state index in [0.29, 0.717) is 19.3 Å². The van der Waals surface area contributed by atoms with Gasteiger partial charge in [0.25, 0.3) is 5.79 Å². The highest BCUT2D eigenvalue weighted by molar-refractivity contribution is 5.77. The van der Waals surface area contributed by atoms with Gasteiger partial charge in [-0.05, 0) is 12.8 Å². The number of carboxylic acids is 1. The lowest BCUT2D eigenvalue weighted by Gasteiger charge is -2.50. The minimum Gasteiger partial charge on any atom is -0.477 e. The van der Waals surface area contributed by atoms with E-state index >= 15 is 0 Å². The van der Waals surface area contributed by atoms with Crippen molar-refractivity contribution in [3.8, 4) is 0 Å². The van der Waals surface area contributed by atoms with E-state index in [2.05, 4.69) is 24.5 Å². The number of carbonyl (C=O) groups excluding carboxylic acids is 2. The number of aliphatic hydroxyl groups is 11. The van der Waals surface area contributed by atoms with E-state index in [1.807, 2.05) is 0 Å². The summed E-state index contributed by atoms with van der Waals surface area (Å²) in [5, 5.41) is 136. The lowest BCUT2D eigenvalue weighted by Crippen LogP contribution is -2.70. The Morgan fingerprint density at radius 1 is 0.545 bits per heavy atom. The Kier molecular flexibility index (Phi) is 42.5. The van der Waals surface area contributed by atoms with Crippen LogP contribution in [0.25, 0.3) is 0 Å². The minimum absolute atomic E-state index is 0.229. The highest BCUT2D eigenvalue weighted by Crippen LogP contribution is 2.39. The topological polar surface area (TPSA) is 373 Å². The Bertz CT molecular complexity index is 1790. The summed E-state index contributed by atoms with van der Waals surface area (Å²) in [5.41, 5.74) is 0. The molecule has 3 fully saturated rings. The fraction of sp³-hybridized carbons (Fsp3) is 0.954. The molecule has 3 rings (SSSR count). The molecule has 0 saturated carbocycles. The van der Waals surface area contributed by atoms with Gasteiger partial charge in [0.05, 0.1) is 50.7 Å². The summed E-state index contributed by atoms with van der Waals surface area (Å²) in [7, 11) is 0. The van der Waals surface area contributed by atoms with Gasteiger partial charge in [0.2, 0.25) is 11.8 Å². The molecule has 2 amide bonds. The molecular weight excluding hydrogens is 1140 g/mol. The van der Waals surface area contributed by atoms with Crippen LogP contribution in [0.4, 0.5) is 0 Å². The van der Waals surface area contributed by atoms with Gasteiger partial charge in [-0.1, -0.05) is 226 Å². The van der Waals surface area contributed by atoms with Gasteiger partial charge in [-0.3, -0.25) is 9.59 Å². The van der Waals surface area contributed by atoms with E-state index < -0.39 is 148 Å². The number of ether oxygens (including phenoxy) is 6. The third-order valence-corrected chi connectivity index (χ3v) is 17.8. The predicted molar refractivity (Wildman–Crippen MR) is 329 cm³/mol. The van der Waals surface area contributed by atoms with Crippen molar-refractivity contribution in [3.63, 3.8) is 0 Å². The molecule has 18 unspecified atom stereocenters. The van der Waals surface area contributed by atoms with Crippen molar-refractivity contribution in [1.82, 2.24) is 10.6 Å². The van der Waals surface area contributed by atoms with Gasteiger partial charge in [0, 0.05) is 19.8 Å². The maximum Gasteiger partial charge on any atom is 0.364 e. The first-order valence-electron chi connectivity index (χ1n) is 34.4. The summed E-state index contributed by atoms with van der Waals surface area (Å²) in [6.07, 6.45) is 12.5. The lowest BCUT2D eigenvalue weighted by atomic mass is 9.88. The molecule has 88 heavy (non-hydrogen) atoms. The molecule has 0 spiro atoms. The molecule has 0 bridgehead atoms. The van der Waals surface area contributed by atoms with Gasteiger partial charge in [-0.15, -0.1) is 0 Å². The molecule has 3 heterocycles. The quantitative estimate of drug-likeness (QED) is 0.0323. The molecule has 18 atom stereocenters. The van der Waals surface area contributed by atoms with Crippen LogP contribution in [-0.2, 0) is 42.8 Å². The summed E-state index contributed by atoms with van der Waals surface area (Å²) >= 11 is 0. The van der Waals surface area contributed by atoms with Crippen LogP contribution in [0.1, 0.15) is 258 Å². The maximum absolute atomic E-state index is 13.4. The van der Waals surface area contributed by atoms with Crippen LogP contribution in [-0.4, -0.2) is 215 Å². The van der Waals surface area contributed by atoms with E-state index in [-0.39, 0.29) is 18.9 Å². The Labute approximate surface area is 525 Å². The fourth-order valence-electron chi connectivity index (χ4n) is 12.3. The standard InChI is InChI=1S/C65H122N2O21/c1-4-6-8-10-12-14-16-18-20-21-22-23-24-25-26-28-30-32-34-36-38-47(72)46(67-52(75)39-37-35-33-31-29-27-19-17-15-13-11-9-7-5-2)44-83-62-57(79)56(78)59(51(43-70)85-62)86-63-58(80)61(55(77)50(42-69)84-63)88-65(64(81)82)40-48(73)53(66-45(3)71)60(87-65)54(76)49(74)41-68/h46-51,53-63,68-70,72-74,76-80H,4-44H2,1-3H3,(H,66,71)(H,67,75)(H,81,82). The van der Waals surface area contributed by atoms with E-state index in [1.165, 1.54) is 154 Å². The van der Waals surface area contributed by atoms with Crippen LogP contribution in [0, 0.1) is 0 Å². The zero-order valence-electron chi connectivity index (χ0n) is 53.8. The third-order valence-electron chi connectivity index (χ3n) is 17.8. The Hall–Kier alpha value is -2.27. The molecule has 0 aliphatic carbocycles. The number of hydrogen-bond donors (Lipinski definition) is 14. The van der Waals surface area contributed by atoms with Crippen LogP contribution in [0.15, 0.2) is 0 Å². The largest absolute Gasteiger partial charge is 0.477 e. The SMILES string of the molecule is CCCCCCCCCCCCCCCCCCCCCCC(O)C(COC1OC(CO)C(OC2OC(CO)C(O)C(OC3(C(=O)O)CC(O)C(NC(C)=O)C(C(O)C(O)CO)O3)C2O)C(O)C1O)NC(=O)CCCCCCCCCCCCCCCC. The highest BCUT2D eigenvalue weighted by Gasteiger charge is 2.60. The van der Waals surface area contributed by atoms with Crippen LogP contribution in [0.5, 0.6) is 0 Å². The molecule has 518 valence electrons. The predicted octanol–water partition coefficient (Wildman–Crippen LogP) is 5.73. The smallest absolute Gasteiger partial charge is 0.364 e. The second-order valence-corrected chi connectivity index (χ2v) is 25.4. The highest BCUT2D eigenvalue weighted by atomic mass is 16.8. The van der Waals surface area contributed by atoms with E-state index in [9.17, 15) is 75.7 Å². The van der Waals surface area contributed by atoms with Crippen molar-refractivity contribution in [2.75, 3.05) is 26.4 Å². The van der Waals surface area contributed by atoms with E-state index in [4.69, 9.17) is 28.4 Å². The average Bonchev–Trinajstić information content (AvgIpc) is 0.809. The number of nitrogens with one attached hydrogen (secondary N) is 2. The second-order valence-electron chi connectivity index (χ2n) is 25.4. The molecule has 0 aromatic carbocycles. The van der Waals surface area contributed by atoms with Gasteiger partial charge >= 0.3 is 5.97 Å². The molecule has 3 aliphatic heterocycles.